The molecule has 0 bridgehead atoms. The van der Waals surface area contributed by atoms with Crippen molar-refractivity contribution in [3.8, 4) is 35.5 Å². The molecule has 7 unspecified atom stereocenters. The number of hydrogen-bond acceptors (Lipinski definition) is 14. The number of aliphatic hydroxyl groups excluding tert-OH is 1. The first-order valence-electron chi connectivity index (χ1n) is 22.2. The summed E-state index contributed by atoms with van der Waals surface area (Å²) >= 11 is 0. The van der Waals surface area contributed by atoms with Crippen LogP contribution in [-0.2, 0) is 27.7 Å². The smallest absolute Gasteiger partial charge is 0.476 e. The maximum absolute atomic E-state index is 16.8. The van der Waals surface area contributed by atoms with E-state index in [2.05, 4.69) is 18.2 Å². The lowest BCUT2D eigenvalue weighted by molar-refractivity contribution is -0.156. The molecule has 0 saturated carbocycles. The second kappa shape index (κ2) is 16.4. The summed E-state index contributed by atoms with van der Waals surface area (Å²) in [5.41, 5.74) is -1.50. The molecule has 0 radical (unpaired) electrons. The summed E-state index contributed by atoms with van der Waals surface area (Å²) in [6.07, 6.45) is -1.94. The number of aliphatic hydroxyl groups is 1. The molecule has 6 aliphatic rings. The van der Waals surface area contributed by atoms with E-state index in [9.17, 15) is 30.5 Å². The normalized spacial score (nSPS) is 29.4. The van der Waals surface area contributed by atoms with Crippen molar-refractivity contribution in [1.82, 2.24) is 14.7 Å². The number of ether oxygens (including phenoxy) is 3. The zero-order valence-electron chi connectivity index (χ0n) is 37.4. The van der Waals surface area contributed by atoms with Crippen molar-refractivity contribution in [2.45, 2.75) is 140 Å². The predicted octanol–water partition coefficient (Wildman–Crippen LogP) is 7.26. The lowest BCUT2D eigenvalue weighted by Gasteiger charge is -2.52. The minimum atomic E-state index is -5.17. The van der Waals surface area contributed by atoms with Gasteiger partial charge in [0.05, 0.1) is 53.0 Å². The standard InChI is InChI=1S/C48H53N6O10P/c1-46(2)43(40(52-19-7-10-37(52)55)31-22-28(25-49)13-16-34(31)59-46)62-65(58,63-44-41(53-20-8-11-38(53)56)32-23-29(26-50)14-17-35(32)60-47(44,3)4)64-45-42(54-21-9-12-39(54)57)33-24-30(27-51)15-18-36(33)61-48(45,5)6/h13-18,22-24,37,40-45,55H,7-12,19-21H2,1-6H3. The number of amides is 2. The van der Waals surface area contributed by atoms with E-state index in [0.717, 1.165) is 0 Å². The first-order valence-corrected chi connectivity index (χ1v) is 23.7. The Labute approximate surface area is 378 Å². The van der Waals surface area contributed by atoms with Gasteiger partial charge in [-0.15, -0.1) is 0 Å². The van der Waals surface area contributed by atoms with Crippen LogP contribution < -0.4 is 14.2 Å². The summed E-state index contributed by atoms with van der Waals surface area (Å²) in [4.78, 5) is 32.8. The fourth-order valence-electron chi connectivity index (χ4n) is 10.6. The SMILES string of the molecule is CC1(C)Oc2ccc(C#N)cc2C(N2CCCC2=O)C1OP(=O)(OC1C(N2CCCC2=O)c2cc(C#N)ccc2OC1(C)C)OC1C(N2CCCC2O)c2cc(C#N)ccc2OC1(C)C. The van der Waals surface area contributed by atoms with Crippen LogP contribution >= 0.6 is 7.82 Å². The number of rotatable bonds is 9. The van der Waals surface area contributed by atoms with Gasteiger partial charge < -0.3 is 29.1 Å². The number of nitriles is 3. The van der Waals surface area contributed by atoms with Crippen molar-refractivity contribution >= 4 is 19.6 Å². The van der Waals surface area contributed by atoms with Gasteiger partial charge in [0, 0.05) is 49.2 Å². The Balaban J connectivity index is 1.24. The summed E-state index contributed by atoms with van der Waals surface area (Å²) in [6, 6.07) is 18.8. The van der Waals surface area contributed by atoms with Gasteiger partial charge in [-0.3, -0.25) is 28.1 Å². The maximum Gasteiger partial charge on any atom is 0.476 e. The number of phosphoric ester groups is 1. The second-order valence-electron chi connectivity index (χ2n) is 19.3. The number of fused-ring (bicyclic) bond motifs is 3. The molecule has 0 aliphatic carbocycles. The third kappa shape index (κ3) is 7.93. The van der Waals surface area contributed by atoms with Crippen LogP contribution in [0, 0.1) is 34.0 Å². The number of likely N-dealkylation sites (tertiary alicyclic amines) is 3. The predicted molar refractivity (Wildman–Crippen MR) is 232 cm³/mol. The Kier molecular flexibility index (Phi) is 11.3. The molecule has 65 heavy (non-hydrogen) atoms. The number of carbonyl (C=O) groups is 2. The zero-order valence-corrected chi connectivity index (χ0v) is 38.2. The van der Waals surface area contributed by atoms with Crippen LogP contribution in [0.25, 0.3) is 0 Å². The Morgan fingerprint density at radius 1 is 0.600 bits per heavy atom. The van der Waals surface area contributed by atoms with E-state index in [-0.39, 0.29) is 24.7 Å². The molecule has 7 atom stereocenters. The van der Waals surface area contributed by atoms with Crippen molar-refractivity contribution in [1.29, 1.82) is 15.8 Å². The molecule has 3 aromatic carbocycles. The van der Waals surface area contributed by atoms with Crippen molar-refractivity contribution in [3.05, 3.63) is 88.0 Å². The fourth-order valence-corrected chi connectivity index (χ4v) is 12.7. The van der Waals surface area contributed by atoms with Crippen LogP contribution in [0.1, 0.15) is 132 Å². The summed E-state index contributed by atoms with van der Waals surface area (Å²) in [5.74, 6) is 0.961. The van der Waals surface area contributed by atoms with E-state index in [1.807, 2.05) is 4.90 Å². The van der Waals surface area contributed by atoms with Gasteiger partial charge in [0.15, 0.2) is 0 Å². The van der Waals surface area contributed by atoms with Gasteiger partial charge in [0.25, 0.3) is 0 Å². The molecular weight excluding hydrogens is 852 g/mol. The molecule has 6 heterocycles. The van der Waals surface area contributed by atoms with E-state index in [0.29, 0.717) is 95.9 Å². The van der Waals surface area contributed by atoms with Crippen molar-refractivity contribution < 1.29 is 47.0 Å². The number of carbonyl (C=O) groups excluding carboxylic acids is 2. The largest absolute Gasteiger partial charge is 0.485 e. The molecule has 3 aromatic rings. The third-order valence-corrected chi connectivity index (χ3v) is 15.1. The van der Waals surface area contributed by atoms with E-state index in [1.165, 1.54) is 0 Å². The molecule has 9 rings (SSSR count). The fraction of sp³-hybridized carbons (Fsp3) is 0.521. The average molecular weight is 905 g/mol. The Bertz CT molecular complexity index is 2490. The quantitative estimate of drug-likeness (QED) is 0.210. The lowest BCUT2D eigenvalue weighted by Crippen LogP contribution is -2.58. The third-order valence-electron chi connectivity index (χ3n) is 13.6. The molecule has 3 saturated heterocycles. The molecule has 17 heteroatoms. The van der Waals surface area contributed by atoms with Crippen molar-refractivity contribution in [3.63, 3.8) is 0 Å². The van der Waals surface area contributed by atoms with E-state index in [4.69, 9.17) is 27.8 Å². The van der Waals surface area contributed by atoms with Crippen molar-refractivity contribution in [2.24, 2.45) is 0 Å². The molecule has 340 valence electrons. The number of phosphoric acid groups is 1. The first kappa shape index (κ1) is 44.7. The van der Waals surface area contributed by atoms with Gasteiger partial charge in [-0.1, -0.05) is 0 Å². The molecule has 16 nitrogen and oxygen atoms in total. The summed E-state index contributed by atoms with van der Waals surface area (Å²) < 4.78 is 57.9. The number of benzene rings is 3. The van der Waals surface area contributed by atoms with Crippen LogP contribution in [0.2, 0.25) is 0 Å². The summed E-state index contributed by atoms with van der Waals surface area (Å²) in [6.45, 7) is 11.7. The van der Waals surface area contributed by atoms with Crippen LogP contribution in [0.15, 0.2) is 54.6 Å². The van der Waals surface area contributed by atoms with Crippen LogP contribution in [0.3, 0.4) is 0 Å². The van der Waals surface area contributed by atoms with Gasteiger partial charge in [-0.25, -0.2) is 4.57 Å². The second-order valence-corrected chi connectivity index (χ2v) is 20.8. The zero-order chi connectivity index (χ0) is 46.2. The molecule has 2 amide bonds. The first-order chi connectivity index (χ1) is 30.9. The Morgan fingerprint density at radius 3 is 1.29 bits per heavy atom. The highest BCUT2D eigenvalue weighted by Crippen LogP contribution is 2.64. The van der Waals surface area contributed by atoms with E-state index in [1.54, 1.807) is 106 Å². The molecule has 0 aromatic heterocycles. The average Bonchev–Trinajstić information content (AvgIpc) is 4.01. The van der Waals surface area contributed by atoms with Gasteiger partial charge in [-0.2, -0.15) is 15.8 Å². The summed E-state index contributed by atoms with van der Waals surface area (Å²) in [7, 11) is -5.17. The molecule has 1 N–H and O–H groups in total. The van der Waals surface area contributed by atoms with Gasteiger partial charge >= 0.3 is 7.82 Å². The lowest BCUT2D eigenvalue weighted by atomic mass is 9.85. The molecule has 3 fully saturated rings. The van der Waals surface area contributed by atoms with Crippen LogP contribution in [0.4, 0.5) is 0 Å². The van der Waals surface area contributed by atoms with E-state index >= 15 is 4.57 Å². The Morgan fingerprint density at radius 2 is 0.969 bits per heavy atom. The minimum Gasteiger partial charge on any atom is -0.485 e. The molecule has 6 aliphatic heterocycles. The van der Waals surface area contributed by atoms with Gasteiger partial charge in [0.1, 0.15) is 58.6 Å². The van der Waals surface area contributed by atoms with E-state index < -0.39 is 67.3 Å². The number of hydrogen-bond donors (Lipinski definition) is 1. The molecule has 0 spiro atoms. The highest BCUT2D eigenvalue weighted by Gasteiger charge is 2.60. The molecular formula is C48H53N6O10P. The highest BCUT2D eigenvalue weighted by atomic mass is 31.2. The monoisotopic (exact) mass is 904 g/mol. The number of nitrogens with zero attached hydrogens (tertiary/aromatic N) is 6. The maximum atomic E-state index is 16.8. The highest BCUT2D eigenvalue weighted by molar-refractivity contribution is 7.48. The van der Waals surface area contributed by atoms with Gasteiger partial charge in [0.2, 0.25) is 11.8 Å². The van der Waals surface area contributed by atoms with Crippen LogP contribution in [0.5, 0.6) is 17.2 Å². The summed E-state index contributed by atoms with van der Waals surface area (Å²) in [5, 5.41) is 41.7. The van der Waals surface area contributed by atoms with Crippen LogP contribution in [-0.4, -0.2) is 92.6 Å². The van der Waals surface area contributed by atoms with Gasteiger partial charge in [-0.05, 0) is 122 Å². The minimum absolute atomic E-state index is 0.166. The van der Waals surface area contributed by atoms with Crippen molar-refractivity contribution in [2.75, 3.05) is 19.6 Å². The Hall–Kier alpha value is -5.50. The topological polar surface area (TPSA) is 208 Å².